The molecule has 1 heterocycles. The molecule has 30 heavy (non-hydrogen) atoms. The van der Waals surface area contributed by atoms with E-state index in [-0.39, 0.29) is 12.2 Å². The number of hydrogen-bond acceptors (Lipinski definition) is 4. The number of imide groups is 1. The second-order valence-corrected chi connectivity index (χ2v) is 7.26. The Labute approximate surface area is 171 Å². The number of nitrogens with zero attached hydrogens (tertiary/aromatic N) is 3. The molecule has 3 rings (SSSR count). The third kappa shape index (κ3) is 3.56. The SMILES string of the molecule is COc1ccc(CN2C(=O)N(c3ccc(C#N)c(C(F)(F)F)c3)C(=O)C2(C)C)cc1. The van der Waals surface area contributed by atoms with Gasteiger partial charge in [0.1, 0.15) is 11.3 Å². The molecule has 9 heteroatoms. The number of carbonyl (C=O) groups excluding carboxylic acids is 2. The first-order valence-electron chi connectivity index (χ1n) is 8.91. The van der Waals surface area contributed by atoms with E-state index in [1.54, 1.807) is 24.3 Å². The molecule has 3 amide bonds. The molecule has 0 spiro atoms. The van der Waals surface area contributed by atoms with Gasteiger partial charge in [-0.15, -0.1) is 0 Å². The van der Waals surface area contributed by atoms with E-state index in [1.165, 1.54) is 31.9 Å². The average Bonchev–Trinajstić information content (AvgIpc) is 2.87. The summed E-state index contributed by atoms with van der Waals surface area (Å²) in [6.07, 6.45) is -4.80. The number of carbonyl (C=O) groups is 2. The maximum Gasteiger partial charge on any atom is 0.417 e. The van der Waals surface area contributed by atoms with Gasteiger partial charge in [0, 0.05) is 6.54 Å². The Kier molecular flexibility index (Phi) is 5.20. The van der Waals surface area contributed by atoms with Crippen LogP contribution in [-0.2, 0) is 17.5 Å². The van der Waals surface area contributed by atoms with Gasteiger partial charge >= 0.3 is 12.2 Å². The van der Waals surface area contributed by atoms with Crippen LogP contribution in [-0.4, -0.2) is 29.5 Å². The van der Waals surface area contributed by atoms with Crippen LogP contribution in [0.1, 0.15) is 30.5 Å². The minimum Gasteiger partial charge on any atom is -0.497 e. The van der Waals surface area contributed by atoms with Crippen LogP contribution in [0.2, 0.25) is 0 Å². The molecular formula is C21H18F3N3O3. The molecule has 0 atom stereocenters. The minimum atomic E-state index is -4.80. The van der Waals surface area contributed by atoms with Crippen LogP contribution >= 0.6 is 0 Å². The summed E-state index contributed by atoms with van der Waals surface area (Å²) in [6, 6.07) is 10.4. The zero-order valence-corrected chi connectivity index (χ0v) is 16.4. The molecule has 0 N–H and O–H groups in total. The Morgan fingerprint density at radius 3 is 2.27 bits per heavy atom. The fourth-order valence-electron chi connectivity index (χ4n) is 3.25. The summed E-state index contributed by atoms with van der Waals surface area (Å²) in [7, 11) is 1.52. The lowest BCUT2D eigenvalue weighted by Gasteiger charge is -2.27. The number of ether oxygens (including phenoxy) is 1. The molecule has 0 unspecified atom stereocenters. The molecule has 1 saturated heterocycles. The summed E-state index contributed by atoms with van der Waals surface area (Å²) >= 11 is 0. The first-order chi connectivity index (χ1) is 14.0. The second kappa shape index (κ2) is 7.37. The van der Waals surface area contributed by atoms with E-state index in [4.69, 9.17) is 10.00 Å². The van der Waals surface area contributed by atoms with Crippen LogP contribution in [0, 0.1) is 11.3 Å². The predicted octanol–water partition coefficient (Wildman–Crippen LogP) is 4.33. The van der Waals surface area contributed by atoms with Crippen LogP contribution in [0.25, 0.3) is 0 Å². The third-order valence-corrected chi connectivity index (χ3v) is 5.01. The number of halogens is 3. The van der Waals surface area contributed by atoms with E-state index in [2.05, 4.69) is 0 Å². The third-order valence-electron chi connectivity index (χ3n) is 5.01. The van der Waals surface area contributed by atoms with Crippen LogP contribution < -0.4 is 9.64 Å². The molecule has 0 radical (unpaired) electrons. The fraction of sp³-hybridized carbons (Fsp3) is 0.286. The summed E-state index contributed by atoms with van der Waals surface area (Å²) in [5.41, 5.74) is -2.57. The van der Waals surface area contributed by atoms with Gasteiger partial charge in [-0.3, -0.25) is 4.79 Å². The van der Waals surface area contributed by atoms with Crippen molar-refractivity contribution in [2.75, 3.05) is 12.0 Å². The van der Waals surface area contributed by atoms with E-state index >= 15 is 0 Å². The summed E-state index contributed by atoms with van der Waals surface area (Å²) in [5.74, 6) is -0.0282. The maximum atomic E-state index is 13.3. The largest absolute Gasteiger partial charge is 0.497 e. The number of benzene rings is 2. The quantitative estimate of drug-likeness (QED) is 0.694. The maximum absolute atomic E-state index is 13.3. The number of anilines is 1. The van der Waals surface area contributed by atoms with Crippen molar-refractivity contribution in [3.05, 3.63) is 59.2 Å². The van der Waals surface area contributed by atoms with Crippen molar-refractivity contribution in [2.24, 2.45) is 0 Å². The van der Waals surface area contributed by atoms with Crippen molar-refractivity contribution in [2.45, 2.75) is 32.1 Å². The topological polar surface area (TPSA) is 73.6 Å². The smallest absolute Gasteiger partial charge is 0.417 e. The number of alkyl halides is 3. The first kappa shape index (κ1) is 21.2. The van der Waals surface area contributed by atoms with Crippen LogP contribution in [0.15, 0.2) is 42.5 Å². The Balaban J connectivity index is 1.98. The number of hydrogen-bond donors (Lipinski definition) is 0. The lowest BCUT2D eigenvalue weighted by molar-refractivity contribution is -0.137. The molecule has 1 aliphatic rings. The predicted molar refractivity (Wildman–Crippen MR) is 102 cm³/mol. The standard InChI is InChI=1S/C21H18F3N3O3/c1-20(2)18(28)27(15-7-6-14(11-25)17(10-15)21(22,23)24)19(29)26(20)12-13-4-8-16(30-3)9-5-13/h4-10H,12H2,1-3H3. The summed E-state index contributed by atoms with van der Waals surface area (Å²) in [5, 5.41) is 8.95. The van der Waals surface area contributed by atoms with E-state index in [1.807, 2.05) is 0 Å². The lowest BCUT2D eigenvalue weighted by atomic mass is 10.0. The number of nitriles is 1. The van der Waals surface area contributed by atoms with Gasteiger partial charge in [0.2, 0.25) is 0 Å². The molecule has 0 aromatic heterocycles. The highest BCUT2D eigenvalue weighted by atomic mass is 19.4. The molecule has 1 fully saturated rings. The Hall–Kier alpha value is -3.54. The van der Waals surface area contributed by atoms with E-state index in [9.17, 15) is 22.8 Å². The van der Waals surface area contributed by atoms with Gasteiger partial charge in [0.05, 0.1) is 30.0 Å². The van der Waals surface area contributed by atoms with Gasteiger partial charge in [0.25, 0.3) is 5.91 Å². The van der Waals surface area contributed by atoms with Gasteiger partial charge in [-0.2, -0.15) is 18.4 Å². The highest BCUT2D eigenvalue weighted by molar-refractivity contribution is 6.23. The summed E-state index contributed by atoms with van der Waals surface area (Å²) < 4.78 is 45.0. The highest BCUT2D eigenvalue weighted by Crippen LogP contribution is 2.38. The van der Waals surface area contributed by atoms with Gasteiger partial charge in [-0.25, -0.2) is 9.69 Å². The first-order valence-corrected chi connectivity index (χ1v) is 8.91. The zero-order valence-electron chi connectivity index (χ0n) is 16.4. The monoisotopic (exact) mass is 417 g/mol. The summed E-state index contributed by atoms with van der Waals surface area (Å²) in [4.78, 5) is 28.0. The fourth-order valence-corrected chi connectivity index (χ4v) is 3.25. The minimum absolute atomic E-state index is 0.0838. The van der Waals surface area contributed by atoms with Crippen LogP contribution in [0.5, 0.6) is 5.75 Å². The molecule has 0 saturated carbocycles. The molecule has 2 aromatic carbocycles. The van der Waals surface area contributed by atoms with Gasteiger partial charge in [-0.05, 0) is 49.7 Å². The van der Waals surface area contributed by atoms with Gasteiger partial charge < -0.3 is 9.64 Å². The Bertz CT molecular complexity index is 1040. The summed E-state index contributed by atoms with van der Waals surface area (Å²) in [6.45, 7) is 3.15. The van der Waals surface area contributed by atoms with Gasteiger partial charge in [-0.1, -0.05) is 12.1 Å². The molecular weight excluding hydrogens is 399 g/mol. The molecule has 0 bridgehead atoms. The zero-order chi connectivity index (χ0) is 22.3. The Morgan fingerprint density at radius 1 is 1.10 bits per heavy atom. The van der Waals surface area contributed by atoms with Crippen molar-refractivity contribution in [1.82, 2.24) is 4.90 Å². The number of methoxy groups -OCH3 is 1. The second-order valence-electron chi connectivity index (χ2n) is 7.26. The van der Waals surface area contributed by atoms with Crippen LogP contribution in [0.3, 0.4) is 0 Å². The van der Waals surface area contributed by atoms with Crippen molar-refractivity contribution in [3.63, 3.8) is 0 Å². The van der Waals surface area contributed by atoms with Crippen LogP contribution in [0.4, 0.5) is 23.7 Å². The number of rotatable bonds is 4. The molecule has 1 aliphatic heterocycles. The highest BCUT2D eigenvalue weighted by Gasteiger charge is 2.52. The number of urea groups is 1. The van der Waals surface area contributed by atoms with Crippen molar-refractivity contribution < 1.29 is 27.5 Å². The molecule has 156 valence electrons. The number of amides is 3. The van der Waals surface area contributed by atoms with E-state index in [0.717, 1.165) is 22.6 Å². The average molecular weight is 417 g/mol. The molecule has 2 aromatic rings. The van der Waals surface area contributed by atoms with Crippen molar-refractivity contribution in [1.29, 1.82) is 5.26 Å². The van der Waals surface area contributed by atoms with Crippen molar-refractivity contribution >= 4 is 17.6 Å². The van der Waals surface area contributed by atoms with Gasteiger partial charge in [0.15, 0.2) is 0 Å². The van der Waals surface area contributed by atoms with Crippen molar-refractivity contribution in [3.8, 4) is 11.8 Å². The molecule has 6 nitrogen and oxygen atoms in total. The van der Waals surface area contributed by atoms with E-state index in [0.29, 0.717) is 11.8 Å². The normalized spacial score (nSPS) is 16.0. The lowest BCUT2D eigenvalue weighted by Crippen LogP contribution is -2.43. The van der Waals surface area contributed by atoms with E-state index < -0.39 is 34.8 Å². The molecule has 0 aliphatic carbocycles. The Morgan fingerprint density at radius 2 is 1.73 bits per heavy atom.